The molecule has 0 radical (unpaired) electrons. The molecule has 2 fully saturated rings. The summed E-state index contributed by atoms with van der Waals surface area (Å²) in [6.07, 6.45) is 1.54. The minimum Gasteiger partial charge on any atom is -0.480 e. The molecule has 142 valence electrons. The third kappa shape index (κ3) is 3.89. The van der Waals surface area contributed by atoms with Gasteiger partial charge in [-0.05, 0) is 37.5 Å². The molecule has 26 heavy (non-hydrogen) atoms. The van der Waals surface area contributed by atoms with Gasteiger partial charge in [0.25, 0.3) is 5.91 Å². The summed E-state index contributed by atoms with van der Waals surface area (Å²) >= 11 is 0. The molecular formula is C17H22N2O6S. The topological polar surface area (TPSA) is 104 Å². The van der Waals surface area contributed by atoms with Gasteiger partial charge in [0.05, 0.1) is 18.1 Å². The lowest BCUT2D eigenvalue weighted by Gasteiger charge is -2.27. The third-order valence-electron chi connectivity index (χ3n) is 4.58. The highest BCUT2D eigenvalue weighted by atomic mass is 32.2. The van der Waals surface area contributed by atoms with Crippen molar-refractivity contribution < 1.29 is 27.9 Å². The summed E-state index contributed by atoms with van der Waals surface area (Å²) in [5.41, 5.74) is 0.736. The van der Waals surface area contributed by atoms with Crippen molar-refractivity contribution in [3.8, 4) is 0 Å². The van der Waals surface area contributed by atoms with E-state index in [2.05, 4.69) is 0 Å². The van der Waals surface area contributed by atoms with E-state index < -0.39 is 21.9 Å². The van der Waals surface area contributed by atoms with Gasteiger partial charge in [-0.25, -0.2) is 8.42 Å². The number of carboxylic acid groups (broad SMARTS) is 1. The second-order valence-corrected chi connectivity index (χ2v) is 8.46. The van der Waals surface area contributed by atoms with Gasteiger partial charge < -0.3 is 14.7 Å². The maximum absolute atomic E-state index is 12.9. The highest BCUT2D eigenvalue weighted by molar-refractivity contribution is 7.89. The summed E-state index contributed by atoms with van der Waals surface area (Å²) in [5, 5.41) is 9.05. The first kappa shape index (κ1) is 18.8. The number of ether oxygens (including phenoxy) is 1. The second kappa shape index (κ2) is 7.34. The van der Waals surface area contributed by atoms with E-state index >= 15 is 0 Å². The molecule has 3 rings (SSSR count). The Morgan fingerprint density at radius 2 is 1.92 bits per heavy atom. The summed E-state index contributed by atoms with van der Waals surface area (Å²) in [6, 6.07) is 4.42. The average Bonchev–Trinajstić information content (AvgIpc) is 3.45. The Kier molecular flexibility index (Phi) is 5.31. The molecular weight excluding hydrogens is 360 g/mol. The van der Waals surface area contributed by atoms with E-state index in [1.807, 2.05) is 0 Å². The van der Waals surface area contributed by atoms with Gasteiger partial charge in [0, 0.05) is 24.7 Å². The van der Waals surface area contributed by atoms with Crippen LogP contribution in [0.15, 0.2) is 23.1 Å². The molecule has 0 unspecified atom stereocenters. The number of aliphatic carboxylic acids is 1. The lowest BCUT2D eigenvalue weighted by atomic mass is 10.1. The van der Waals surface area contributed by atoms with Crippen LogP contribution in [0.4, 0.5) is 0 Å². The number of carboxylic acids is 1. The molecule has 1 aromatic carbocycles. The van der Waals surface area contributed by atoms with Gasteiger partial charge in [-0.15, -0.1) is 0 Å². The molecule has 1 aliphatic heterocycles. The summed E-state index contributed by atoms with van der Waals surface area (Å²) in [6.45, 7) is 2.51. The van der Waals surface area contributed by atoms with Gasteiger partial charge in [0.2, 0.25) is 10.0 Å². The fraction of sp³-hybridized carbons (Fsp3) is 0.529. The molecule has 0 aromatic heterocycles. The van der Waals surface area contributed by atoms with Crippen molar-refractivity contribution in [1.82, 2.24) is 9.21 Å². The summed E-state index contributed by atoms with van der Waals surface area (Å²) in [4.78, 5) is 25.2. The Bertz CT molecular complexity index is 813. The lowest BCUT2D eigenvalue weighted by Crippen LogP contribution is -2.41. The van der Waals surface area contributed by atoms with E-state index in [1.54, 1.807) is 19.1 Å². The quantitative estimate of drug-likeness (QED) is 0.777. The Hall–Kier alpha value is -1.97. The molecule has 1 saturated heterocycles. The van der Waals surface area contributed by atoms with Crippen LogP contribution >= 0.6 is 0 Å². The number of benzene rings is 1. The molecule has 8 nitrogen and oxygen atoms in total. The fourth-order valence-electron chi connectivity index (χ4n) is 3.00. The number of hydrogen-bond donors (Lipinski definition) is 1. The zero-order valence-corrected chi connectivity index (χ0v) is 15.4. The van der Waals surface area contributed by atoms with Crippen LogP contribution in [0.25, 0.3) is 0 Å². The number of amides is 1. The molecule has 9 heteroatoms. The molecule has 2 aliphatic rings. The van der Waals surface area contributed by atoms with Crippen LogP contribution in [-0.2, 0) is 19.6 Å². The van der Waals surface area contributed by atoms with Crippen molar-refractivity contribution >= 4 is 21.9 Å². The van der Waals surface area contributed by atoms with Crippen LogP contribution in [0.3, 0.4) is 0 Å². The van der Waals surface area contributed by atoms with Crippen molar-refractivity contribution in [1.29, 1.82) is 0 Å². The summed E-state index contributed by atoms with van der Waals surface area (Å²) < 4.78 is 32.4. The molecule has 1 heterocycles. The van der Waals surface area contributed by atoms with E-state index in [9.17, 15) is 18.0 Å². The SMILES string of the molecule is Cc1ccc(C(=O)N(CC(=O)O)C2CC2)cc1S(=O)(=O)N1CCOCC1. The smallest absolute Gasteiger partial charge is 0.323 e. The van der Waals surface area contributed by atoms with Crippen molar-refractivity contribution in [2.45, 2.75) is 30.7 Å². The molecule has 0 bridgehead atoms. The standard InChI is InChI=1S/C17H22N2O6S/c1-12-2-3-13(17(22)19(11-16(20)21)14-4-5-14)10-15(12)26(23,24)18-6-8-25-9-7-18/h2-3,10,14H,4-9,11H2,1H3,(H,20,21). The third-order valence-corrected chi connectivity index (χ3v) is 6.62. The Morgan fingerprint density at radius 3 is 2.50 bits per heavy atom. The number of aryl methyl sites for hydroxylation is 1. The molecule has 1 aromatic rings. The largest absolute Gasteiger partial charge is 0.480 e. The molecule has 1 saturated carbocycles. The first-order chi connectivity index (χ1) is 12.3. The Morgan fingerprint density at radius 1 is 1.27 bits per heavy atom. The van der Waals surface area contributed by atoms with Crippen molar-refractivity contribution in [2.75, 3.05) is 32.8 Å². The molecule has 1 aliphatic carbocycles. The summed E-state index contributed by atoms with van der Waals surface area (Å²) in [7, 11) is -3.74. The van der Waals surface area contributed by atoms with E-state index in [4.69, 9.17) is 9.84 Å². The number of carbonyl (C=O) groups is 2. The van der Waals surface area contributed by atoms with Gasteiger partial charge in [0.1, 0.15) is 6.54 Å². The van der Waals surface area contributed by atoms with E-state index in [1.165, 1.54) is 15.3 Å². The van der Waals surface area contributed by atoms with Crippen molar-refractivity contribution in [3.63, 3.8) is 0 Å². The highest BCUT2D eigenvalue weighted by Crippen LogP contribution is 2.29. The van der Waals surface area contributed by atoms with Crippen LogP contribution < -0.4 is 0 Å². The second-order valence-electron chi connectivity index (χ2n) is 6.55. The monoisotopic (exact) mass is 382 g/mol. The molecule has 1 amide bonds. The van der Waals surface area contributed by atoms with E-state index in [0.29, 0.717) is 18.8 Å². The van der Waals surface area contributed by atoms with Crippen LogP contribution in [0, 0.1) is 6.92 Å². The van der Waals surface area contributed by atoms with Crippen LogP contribution in [0.5, 0.6) is 0 Å². The minimum atomic E-state index is -3.74. The number of morpholine rings is 1. The van der Waals surface area contributed by atoms with Crippen molar-refractivity contribution in [3.05, 3.63) is 29.3 Å². The average molecular weight is 382 g/mol. The van der Waals surface area contributed by atoms with Gasteiger partial charge in [-0.2, -0.15) is 4.31 Å². The maximum Gasteiger partial charge on any atom is 0.323 e. The van der Waals surface area contributed by atoms with Crippen LogP contribution in [0.2, 0.25) is 0 Å². The van der Waals surface area contributed by atoms with Crippen LogP contribution in [-0.4, -0.2) is 73.5 Å². The Balaban J connectivity index is 1.91. The van der Waals surface area contributed by atoms with E-state index in [0.717, 1.165) is 12.8 Å². The number of nitrogens with zero attached hydrogens (tertiary/aromatic N) is 2. The van der Waals surface area contributed by atoms with Crippen molar-refractivity contribution in [2.24, 2.45) is 0 Å². The molecule has 0 atom stereocenters. The predicted molar refractivity (Wildman–Crippen MR) is 92.5 cm³/mol. The predicted octanol–water partition coefficient (Wildman–Crippen LogP) is 0.705. The number of carbonyl (C=O) groups excluding carboxylic acids is 1. The normalized spacial score (nSPS) is 18.5. The van der Waals surface area contributed by atoms with Gasteiger partial charge in [0.15, 0.2) is 0 Å². The number of hydrogen-bond acceptors (Lipinski definition) is 5. The molecule has 1 N–H and O–H groups in total. The van der Waals surface area contributed by atoms with Gasteiger partial charge in [-0.3, -0.25) is 9.59 Å². The zero-order valence-electron chi connectivity index (χ0n) is 14.6. The van der Waals surface area contributed by atoms with Crippen LogP contribution in [0.1, 0.15) is 28.8 Å². The first-order valence-corrected chi connectivity index (χ1v) is 9.96. The molecule has 0 spiro atoms. The number of rotatable bonds is 6. The minimum absolute atomic E-state index is 0.0799. The van der Waals surface area contributed by atoms with E-state index in [-0.39, 0.29) is 36.1 Å². The summed E-state index contributed by atoms with van der Waals surface area (Å²) in [5.74, 6) is -1.54. The fourth-order valence-corrected chi connectivity index (χ4v) is 4.66. The highest BCUT2D eigenvalue weighted by Gasteiger charge is 2.35. The number of sulfonamides is 1. The van der Waals surface area contributed by atoms with Gasteiger partial charge in [-0.1, -0.05) is 6.07 Å². The van der Waals surface area contributed by atoms with Gasteiger partial charge >= 0.3 is 5.97 Å². The lowest BCUT2D eigenvalue weighted by molar-refractivity contribution is -0.137. The zero-order chi connectivity index (χ0) is 18.9. The first-order valence-electron chi connectivity index (χ1n) is 8.52. The Labute approximate surface area is 152 Å². The maximum atomic E-state index is 12.9.